The molecule has 0 radical (unpaired) electrons. The molecule has 0 spiro atoms. The molecule has 1 aliphatic rings. The van der Waals surface area contributed by atoms with Crippen molar-refractivity contribution >= 4 is 17.7 Å². The normalized spacial score (nSPS) is 18.9. The molecule has 1 heterocycles. The molecule has 17 heavy (non-hydrogen) atoms. The molecule has 0 saturated carbocycles. The molecule has 0 aromatic rings. The first kappa shape index (κ1) is 14.8. The lowest BCUT2D eigenvalue weighted by molar-refractivity contribution is -0.121. The number of methoxy groups -OCH3 is 1. The van der Waals surface area contributed by atoms with Gasteiger partial charge >= 0.3 is 0 Å². The van der Waals surface area contributed by atoms with Crippen molar-refractivity contribution in [2.24, 2.45) is 0 Å². The van der Waals surface area contributed by atoms with E-state index in [2.05, 4.69) is 5.32 Å². The minimum atomic E-state index is -0.787. The molecule has 0 bridgehead atoms. The molecule has 1 aliphatic heterocycles. The third kappa shape index (κ3) is 6.26. The lowest BCUT2D eigenvalue weighted by Crippen LogP contribution is -2.47. The van der Waals surface area contributed by atoms with Crippen LogP contribution in [-0.4, -0.2) is 61.6 Å². The second-order valence-corrected chi connectivity index (χ2v) is 5.26. The Morgan fingerprint density at radius 2 is 2.24 bits per heavy atom. The average Bonchev–Trinajstić information content (AvgIpc) is 2.33. The molecular weight excluding hydrogens is 242 g/mol. The standard InChI is InChI=1S/C11H21NO4S/c1-15-6-7-17-8-10(13)12-9-11(14)2-4-16-5-3-11/h14H,2-9H2,1H3,(H,12,13). The Bertz CT molecular complexity index is 232. The van der Waals surface area contributed by atoms with Gasteiger partial charge in [0.25, 0.3) is 0 Å². The third-order valence-corrected chi connectivity index (χ3v) is 3.62. The van der Waals surface area contributed by atoms with Crippen molar-refractivity contribution < 1.29 is 19.4 Å². The van der Waals surface area contributed by atoms with E-state index in [0.29, 0.717) is 45.0 Å². The van der Waals surface area contributed by atoms with Gasteiger partial charge in [0.2, 0.25) is 5.91 Å². The Labute approximate surface area is 106 Å². The number of thioether (sulfide) groups is 1. The quantitative estimate of drug-likeness (QED) is 0.634. The second kappa shape index (κ2) is 7.92. The molecule has 0 aromatic carbocycles. The molecule has 0 unspecified atom stereocenters. The maximum absolute atomic E-state index is 11.5. The van der Waals surface area contributed by atoms with Crippen molar-refractivity contribution in [1.29, 1.82) is 0 Å². The van der Waals surface area contributed by atoms with Gasteiger partial charge in [-0.25, -0.2) is 0 Å². The maximum atomic E-state index is 11.5. The van der Waals surface area contributed by atoms with E-state index in [4.69, 9.17) is 9.47 Å². The van der Waals surface area contributed by atoms with Gasteiger partial charge in [0, 0.05) is 45.5 Å². The number of nitrogens with one attached hydrogen (secondary N) is 1. The fourth-order valence-corrected chi connectivity index (χ4v) is 2.27. The fourth-order valence-electron chi connectivity index (χ4n) is 1.55. The number of hydrogen-bond donors (Lipinski definition) is 2. The number of hydrogen-bond acceptors (Lipinski definition) is 5. The Morgan fingerprint density at radius 3 is 2.88 bits per heavy atom. The maximum Gasteiger partial charge on any atom is 0.230 e. The van der Waals surface area contributed by atoms with Crippen molar-refractivity contribution in [2.45, 2.75) is 18.4 Å². The van der Waals surface area contributed by atoms with Crippen LogP contribution < -0.4 is 5.32 Å². The summed E-state index contributed by atoms with van der Waals surface area (Å²) in [5, 5.41) is 12.9. The molecule has 0 aliphatic carbocycles. The monoisotopic (exact) mass is 263 g/mol. The molecule has 1 saturated heterocycles. The van der Waals surface area contributed by atoms with Crippen molar-refractivity contribution in [3.8, 4) is 0 Å². The Kier molecular flexibility index (Phi) is 6.87. The van der Waals surface area contributed by atoms with Crippen LogP contribution in [0.4, 0.5) is 0 Å². The lowest BCUT2D eigenvalue weighted by atomic mass is 9.94. The van der Waals surface area contributed by atoms with E-state index >= 15 is 0 Å². The van der Waals surface area contributed by atoms with Crippen LogP contribution in [0.1, 0.15) is 12.8 Å². The van der Waals surface area contributed by atoms with E-state index in [0.717, 1.165) is 5.75 Å². The molecule has 2 N–H and O–H groups in total. The van der Waals surface area contributed by atoms with Crippen LogP contribution in [0.25, 0.3) is 0 Å². The van der Waals surface area contributed by atoms with Crippen LogP contribution in [0.5, 0.6) is 0 Å². The number of carbonyl (C=O) groups is 1. The van der Waals surface area contributed by atoms with Crippen LogP contribution in [0.3, 0.4) is 0 Å². The van der Waals surface area contributed by atoms with Gasteiger partial charge in [0.15, 0.2) is 0 Å². The molecule has 0 aromatic heterocycles. The van der Waals surface area contributed by atoms with Gasteiger partial charge in [-0.1, -0.05) is 0 Å². The van der Waals surface area contributed by atoms with Crippen LogP contribution in [0.15, 0.2) is 0 Å². The topological polar surface area (TPSA) is 67.8 Å². The summed E-state index contributed by atoms with van der Waals surface area (Å²) in [7, 11) is 1.64. The zero-order valence-electron chi connectivity index (χ0n) is 10.2. The predicted molar refractivity (Wildman–Crippen MR) is 67.2 cm³/mol. The number of carbonyl (C=O) groups excluding carboxylic acids is 1. The second-order valence-electron chi connectivity index (χ2n) is 4.16. The molecule has 1 amide bonds. The Morgan fingerprint density at radius 1 is 1.53 bits per heavy atom. The van der Waals surface area contributed by atoms with E-state index in [1.165, 1.54) is 11.8 Å². The largest absolute Gasteiger partial charge is 0.388 e. The van der Waals surface area contributed by atoms with Gasteiger partial charge in [0.05, 0.1) is 18.0 Å². The molecular formula is C11H21NO4S. The highest BCUT2D eigenvalue weighted by Gasteiger charge is 2.29. The van der Waals surface area contributed by atoms with Crippen molar-refractivity contribution in [3.63, 3.8) is 0 Å². The van der Waals surface area contributed by atoms with E-state index in [1.54, 1.807) is 7.11 Å². The number of rotatable bonds is 7. The van der Waals surface area contributed by atoms with Crippen LogP contribution in [0.2, 0.25) is 0 Å². The average molecular weight is 263 g/mol. The number of aliphatic hydroxyl groups is 1. The summed E-state index contributed by atoms with van der Waals surface area (Å²) >= 11 is 1.53. The van der Waals surface area contributed by atoms with Crippen molar-refractivity contribution in [2.75, 3.05) is 45.0 Å². The van der Waals surface area contributed by atoms with E-state index in [1.807, 2.05) is 0 Å². The summed E-state index contributed by atoms with van der Waals surface area (Å²) in [4.78, 5) is 11.5. The Balaban J connectivity index is 2.10. The highest BCUT2D eigenvalue weighted by molar-refractivity contribution is 7.99. The summed E-state index contributed by atoms with van der Waals surface area (Å²) in [6.45, 7) is 2.10. The van der Waals surface area contributed by atoms with Gasteiger partial charge in [-0.05, 0) is 0 Å². The summed E-state index contributed by atoms with van der Waals surface area (Å²) in [5.41, 5.74) is -0.787. The van der Waals surface area contributed by atoms with E-state index in [9.17, 15) is 9.90 Å². The highest BCUT2D eigenvalue weighted by Crippen LogP contribution is 2.19. The Hall–Kier alpha value is -0.300. The molecule has 1 fully saturated rings. The highest BCUT2D eigenvalue weighted by atomic mass is 32.2. The molecule has 100 valence electrons. The summed E-state index contributed by atoms with van der Waals surface area (Å²) in [5.74, 6) is 1.18. The zero-order valence-corrected chi connectivity index (χ0v) is 11.1. The van der Waals surface area contributed by atoms with E-state index < -0.39 is 5.60 Å². The first-order valence-corrected chi connectivity index (χ1v) is 6.95. The van der Waals surface area contributed by atoms with Gasteiger partial charge in [-0.2, -0.15) is 0 Å². The SMILES string of the molecule is COCCSCC(=O)NCC1(O)CCOCC1. The molecule has 6 heteroatoms. The number of ether oxygens (including phenoxy) is 2. The fraction of sp³-hybridized carbons (Fsp3) is 0.909. The zero-order chi connectivity index (χ0) is 12.6. The number of amides is 1. The van der Waals surface area contributed by atoms with Crippen LogP contribution in [0, 0.1) is 0 Å². The minimum absolute atomic E-state index is 0.0361. The van der Waals surface area contributed by atoms with Crippen molar-refractivity contribution in [3.05, 3.63) is 0 Å². The third-order valence-electron chi connectivity index (χ3n) is 2.70. The first-order chi connectivity index (χ1) is 8.16. The van der Waals surface area contributed by atoms with Crippen LogP contribution >= 0.6 is 11.8 Å². The molecule has 5 nitrogen and oxygen atoms in total. The first-order valence-electron chi connectivity index (χ1n) is 5.80. The van der Waals surface area contributed by atoms with Gasteiger partial charge in [-0.15, -0.1) is 11.8 Å². The molecule has 0 atom stereocenters. The van der Waals surface area contributed by atoms with E-state index in [-0.39, 0.29) is 5.91 Å². The summed E-state index contributed by atoms with van der Waals surface area (Å²) < 4.78 is 10.1. The van der Waals surface area contributed by atoms with Crippen molar-refractivity contribution in [1.82, 2.24) is 5.32 Å². The summed E-state index contributed by atoms with van der Waals surface area (Å²) in [6, 6.07) is 0. The van der Waals surface area contributed by atoms with Crippen LogP contribution in [-0.2, 0) is 14.3 Å². The predicted octanol–water partition coefficient (Wildman–Crippen LogP) is 0.0237. The lowest BCUT2D eigenvalue weighted by Gasteiger charge is -2.32. The summed E-state index contributed by atoms with van der Waals surface area (Å²) in [6.07, 6.45) is 1.17. The smallest absolute Gasteiger partial charge is 0.230 e. The van der Waals surface area contributed by atoms with Gasteiger partial charge in [0.1, 0.15) is 0 Å². The van der Waals surface area contributed by atoms with Gasteiger partial charge in [-0.3, -0.25) is 4.79 Å². The van der Waals surface area contributed by atoms with Gasteiger partial charge < -0.3 is 19.9 Å². The molecule has 1 rings (SSSR count). The minimum Gasteiger partial charge on any atom is -0.388 e.